The molecule has 0 heterocycles. The van der Waals surface area contributed by atoms with Gasteiger partial charge < -0.3 is 10.0 Å². The third-order valence-electron chi connectivity index (χ3n) is 2.87. The molecule has 1 amide bonds. The third kappa shape index (κ3) is 3.52. The summed E-state index contributed by atoms with van der Waals surface area (Å²) in [4.78, 5) is 13.7. The monoisotopic (exact) mass is 353 g/mol. The van der Waals surface area contributed by atoms with E-state index >= 15 is 0 Å². The van der Waals surface area contributed by atoms with Gasteiger partial charge in [0.05, 0.1) is 11.9 Å². The molecule has 104 valence electrons. The fourth-order valence-electron chi connectivity index (χ4n) is 1.83. The minimum Gasteiger partial charge on any atom is -0.508 e. The van der Waals surface area contributed by atoms with E-state index < -0.39 is 0 Å². The van der Waals surface area contributed by atoms with Gasteiger partial charge >= 0.3 is 0 Å². The summed E-state index contributed by atoms with van der Waals surface area (Å²) in [5.74, 6) is 0.0874. The molecule has 0 saturated heterocycles. The lowest BCUT2D eigenvalue weighted by Gasteiger charge is -2.22. The van der Waals surface area contributed by atoms with E-state index in [9.17, 15) is 9.90 Å². The molecule has 3 nitrogen and oxygen atoms in total. The second-order valence-corrected chi connectivity index (χ2v) is 5.22. The number of anilines is 1. The largest absolute Gasteiger partial charge is 0.508 e. The number of nitrogens with zero attached hydrogens (tertiary/aromatic N) is 1. The van der Waals surface area contributed by atoms with Crippen molar-refractivity contribution in [2.75, 3.05) is 10.2 Å². The zero-order chi connectivity index (χ0) is 14.5. The van der Waals surface area contributed by atoms with Gasteiger partial charge in [0.15, 0.2) is 0 Å². The molecule has 5 heteroatoms. The van der Waals surface area contributed by atoms with Crippen molar-refractivity contribution in [3.05, 3.63) is 59.1 Å². The van der Waals surface area contributed by atoms with Crippen molar-refractivity contribution in [3.63, 3.8) is 0 Å². The number of carbonyl (C=O) groups is 1. The molecule has 20 heavy (non-hydrogen) atoms. The van der Waals surface area contributed by atoms with Crippen LogP contribution in [-0.2, 0) is 11.3 Å². The number of amides is 1. The lowest BCUT2D eigenvalue weighted by atomic mass is 10.1. The molecule has 0 spiro atoms. The van der Waals surface area contributed by atoms with Crippen LogP contribution in [0.15, 0.2) is 48.5 Å². The van der Waals surface area contributed by atoms with Crippen molar-refractivity contribution in [1.29, 1.82) is 0 Å². The molecule has 0 unspecified atom stereocenters. The minimum atomic E-state index is -0.0874. The molecule has 0 aromatic heterocycles. The second kappa shape index (κ2) is 6.77. The summed E-state index contributed by atoms with van der Waals surface area (Å²) in [6, 6.07) is 14.0. The van der Waals surface area contributed by atoms with Crippen LogP contribution >= 0.6 is 27.5 Å². The maximum absolute atomic E-state index is 12.1. The molecule has 0 aliphatic rings. The number of hydrogen-bond donors (Lipinski definition) is 1. The normalized spacial score (nSPS) is 10.3. The molecule has 0 fully saturated rings. The SMILES string of the molecule is O=C(CBr)N(Cc1ccccc1O)c1ccc(Cl)cc1. The number of phenols is 1. The summed E-state index contributed by atoms with van der Waals surface area (Å²) < 4.78 is 0. The Morgan fingerprint density at radius 1 is 1.15 bits per heavy atom. The first kappa shape index (κ1) is 14.9. The van der Waals surface area contributed by atoms with Crippen LogP contribution in [0.3, 0.4) is 0 Å². The van der Waals surface area contributed by atoms with E-state index in [-0.39, 0.29) is 17.0 Å². The number of rotatable bonds is 4. The predicted octanol–water partition coefficient (Wildman–Crippen LogP) is 3.97. The number of carbonyl (C=O) groups excluding carboxylic acids is 1. The van der Waals surface area contributed by atoms with E-state index in [4.69, 9.17) is 11.6 Å². The van der Waals surface area contributed by atoms with Gasteiger partial charge in [-0.3, -0.25) is 4.79 Å². The first-order chi connectivity index (χ1) is 9.61. The molecule has 0 atom stereocenters. The number of halogens is 2. The average molecular weight is 355 g/mol. The number of hydrogen-bond acceptors (Lipinski definition) is 2. The standard InChI is InChI=1S/C15H13BrClNO2/c16-9-15(20)18(13-7-5-12(17)6-8-13)10-11-3-1-2-4-14(11)19/h1-8,19H,9-10H2. The highest BCUT2D eigenvalue weighted by Crippen LogP contribution is 2.24. The Morgan fingerprint density at radius 3 is 2.40 bits per heavy atom. The third-order valence-corrected chi connectivity index (χ3v) is 3.61. The molecule has 0 radical (unpaired) electrons. The quantitative estimate of drug-likeness (QED) is 0.844. The summed E-state index contributed by atoms with van der Waals surface area (Å²) in [6.07, 6.45) is 0. The van der Waals surface area contributed by atoms with Gasteiger partial charge in [-0.25, -0.2) is 0 Å². The molecule has 2 aromatic rings. The first-order valence-electron chi connectivity index (χ1n) is 6.00. The minimum absolute atomic E-state index is 0.0874. The van der Waals surface area contributed by atoms with Gasteiger partial charge in [-0.05, 0) is 30.3 Å². The molecule has 0 aliphatic heterocycles. The maximum Gasteiger partial charge on any atom is 0.237 e. The van der Waals surface area contributed by atoms with E-state index in [0.717, 1.165) is 5.69 Å². The highest BCUT2D eigenvalue weighted by molar-refractivity contribution is 9.09. The summed E-state index contributed by atoms with van der Waals surface area (Å²) in [6.45, 7) is 0.304. The fraction of sp³-hybridized carbons (Fsp3) is 0.133. The summed E-state index contributed by atoms with van der Waals surface area (Å²) in [7, 11) is 0. The number of alkyl halides is 1. The Bertz CT molecular complexity index is 601. The van der Waals surface area contributed by atoms with Crippen LogP contribution in [0, 0.1) is 0 Å². The van der Waals surface area contributed by atoms with Crippen LogP contribution in [0.4, 0.5) is 5.69 Å². The van der Waals surface area contributed by atoms with E-state index in [1.54, 1.807) is 47.4 Å². The maximum atomic E-state index is 12.1. The van der Waals surface area contributed by atoms with Crippen molar-refractivity contribution in [1.82, 2.24) is 0 Å². The lowest BCUT2D eigenvalue weighted by Crippen LogP contribution is -2.31. The first-order valence-corrected chi connectivity index (χ1v) is 7.50. The summed E-state index contributed by atoms with van der Waals surface area (Å²) >= 11 is 9.04. The van der Waals surface area contributed by atoms with E-state index in [2.05, 4.69) is 15.9 Å². The highest BCUT2D eigenvalue weighted by atomic mass is 79.9. The topological polar surface area (TPSA) is 40.5 Å². The molecule has 0 bridgehead atoms. The Kier molecular flexibility index (Phi) is 5.04. The molecular formula is C15H13BrClNO2. The number of benzene rings is 2. The van der Waals surface area contributed by atoms with Crippen LogP contribution in [0.5, 0.6) is 5.75 Å². The van der Waals surface area contributed by atoms with Gasteiger partial charge in [-0.15, -0.1) is 0 Å². The molecule has 0 aliphatic carbocycles. The van der Waals surface area contributed by atoms with Gasteiger partial charge in [0.1, 0.15) is 5.75 Å². The van der Waals surface area contributed by atoms with Gasteiger partial charge in [-0.1, -0.05) is 45.7 Å². The second-order valence-electron chi connectivity index (χ2n) is 4.22. The van der Waals surface area contributed by atoms with Gasteiger partial charge in [0, 0.05) is 16.3 Å². The van der Waals surface area contributed by atoms with Crippen LogP contribution < -0.4 is 4.90 Å². The number of aromatic hydroxyl groups is 1. The summed E-state index contributed by atoms with van der Waals surface area (Å²) in [5, 5.41) is 10.7. The zero-order valence-corrected chi connectivity index (χ0v) is 12.9. The summed E-state index contributed by atoms with van der Waals surface area (Å²) in [5.41, 5.74) is 1.43. The Morgan fingerprint density at radius 2 is 1.80 bits per heavy atom. The zero-order valence-electron chi connectivity index (χ0n) is 10.6. The van der Waals surface area contributed by atoms with Crippen molar-refractivity contribution < 1.29 is 9.90 Å². The number of phenolic OH excluding ortho intramolecular Hbond substituents is 1. The Hall–Kier alpha value is -1.52. The van der Waals surface area contributed by atoms with Crippen molar-refractivity contribution >= 4 is 39.1 Å². The van der Waals surface area contributed by atoms with Crippen LogP contribution in [-0.4, -0.2) is 16.3 Å². The van der Waals surface area contributed by atoms with E-state index in [0.29, 0.717) is 17.1 Å². The molecule has 0 saturated carbocycles. The average Bonchev–Trinajstić information content (AvgIpc) is 2.47. The smallest absolute Gasteiger partial charge is 0.237 e. The predicted molar refractivity (Wildman–Crippen MR) is 84.5 cm³/mol. The van der Waals surface area contributed by atoms with E-state index in [1.807, 2.05) is 6.07 Å². The fourth-order valence-corrected chi connectivity index (χ4v) is 2.26. The van der Waals surface area contributed by atoms with Crippen LogP contribution in [0.25, 0.3) is 0 Å². The molecular weight excluding hydrogens is 342 g/mol. The molecule has 1 N–H and O–H groups in total. The van der Waals surface area contributed by atoms with Crippen molar-refractivity contribution in [2.45, 2.75) is 6.54 Å². The van der Waals surface area contributed by atoms with Gasteiger partial charge in [0.25, 0.3) is 0 Å². The van der Waals surface area contributed by atoms with Gasteiger partial charge in [0.2, 0.25) is 5.91 Å². The highest BCUT2D eigenvalue weighted by Gasteiger charge is 2.16. The van der Waals surface area contributed by atoms with Crippen molar-refractivity contribution in [3.8, 4) is 5.75 Å². The number of para-hydroxylation sites is 1. The molecule has 2 rings (SSSR count). The Labute approximate surface area is 130 Å². The van der Waals surface area contributed by atoms with Crippen LogP contribution in [0.2, 0.25) is 5.02 Å². The molecule has 2 aromatic carbocycles. The van der Waals surface area contributed by atoms with Crippen molar-refractivity contribution in [2.24, 2.45) is 0 Å². The Balaban J connectivity index is 2.31. The van der Waals surface area contributed by atoms with Gasteiger partial charge in [-0.2, -0.15) is 0 Å². The van der Waals surface area contributed by atoms with E-state index in [1.165, 1.54) is 0 Å². The lowest BCUT2D eigenvalue weighted by molar-refractivity contribution is -0.116. The van der Waals surface area contributed by atoms with Crippen LogP contribution in [0.1, 0.15) is 5.56 Å².